The van der Waals surface area contributed by atoms with Gasteiger partial charge in [0.15, 0.2) is 5.78 Å². The average molecular weight is 352 g/mol. The number of allylic oxidation sites excluding steroid dienone is 2. The Morgan fingerprint density at radius 3 is 2.27 bits per heavy atom. The van der Waals surface area contributed by atoms with Crippen molar-refractivity contribution in [3.63, 3.8) is 0 Å². The summed E-state index contributed by atoms with van der Waals surface area (Å²) in [5.41, 5.74) is 1.38. The van der Waals surface area contributed by atoms with E-state index in [1.54, 1.807) is 37.3 Å². The van der Waals surface area contributed by atoms with E-state index >= 15 is 0 Å². The molecule has 136 valence electrons. The summed E-state index contributed by atoms with van der Waals surface area (Å²) in [6, 6.07) is 12.5. The maximum atomic E-state index is 12.4. The van der Waals surface area contributed by atoms with Gasteiger partial charge < -0.3 is 14.2 Å². The molecule has 0 radical (unpaired) electrons. The molecule has 0 unspecified atom stereocenters. The van der Waals surface area contributed by atoms with Gasteiger partial charge in [-0.25, -0.2) is 0 Å². The molecule has 0 saturated carbocycles. The molecule has 0 aliphatic rings. The van der Waals surface area contributed by atoms with Gasteiger partial charge in [0.25, 0.3) is 0 Å². The summed E-state index contributed by atoms with van der Waals surface area (Å²) in [6.07, 6.45) is 3.27. The number of benzene rings is 2. The summed E-state index contributed by atoms with van der Waals surface area (Å²) in [4.78, 5) is 12.4. The minimum absolute atomic E-state index is 0.101. The van der Waals surface area contributed by atoms with Crippen LogP contribution in [0.1, 0.15) is 36.7 Å². The summed E-state index contributed by atoms with van der Waals surface area (Å²) in [6.45, 7) is 10.4. The first-order chi connectivity index (χ1) is 12.5. The van der Waals surface area contributed by atoms with Crippen LogP contribution >= 0.6 is 0 Å². The fraction of sp³-hybridized carbons (Fsp3) is 0.227. The lowest BCUT2D eigenvalue weighted by Crippen LogP contribution is -1.98. The van der Waals surface area contributed by atoms with Crippen LogP contribution in [0.5, 0.6) is 17.2 Å². The second kappa shape index (κ2) is 9.47. The molecule has 4 nitrogen and oxygen atoms in total. The van der Waals surface area contributed by atoms with E-state index in [0.717, 1.165) is 11.3 Å². The molecule has 0 fully saturated rings. The van der Waals surface area contributed by atoms with Crippen LogP contribution in [-0.4, -0.2) is 19.0 Å². The van der Waals surface area contributed by atoms with Crippen molar-refractivity contribution in [1.29, 1.82) is 0 Å². The van der Waals surface area contributed by atoms with Crippen LogP contribution in [0.4, 0.5) is 0 Å². The molecule has 0 aromatic heterocycles. The average Bonchev–Trinajstić information content (AvgIpc) is 2.62. The summed E-state index contributed by atoms with van der Waals surface area (Å²) in [5, 5.41) is 0. The highest BCUT2D eigenvalue weighted by atomic mass is 16.5. The minimum atomic E-state index is -0.101. The molecular weight excluding hydrogens is 328 g/mol. The standard InChI is InChI=1S/C22H24O4/c1-5-24-20-12-14-22(25-6-2)18(15-20)9-13-21(23)17-7-10-19(11-8-17)26-16(3)4/h7-15H,3,5-6H2,1-2,4H3. The Labute approximate surface area is 154 Å². The number of hydrogen-bond donors (Lipinski definition) is 0. The molecule has 0 aliphatic heterocycles. The molecule has 26 heavy (non-hydrogen) atoms. The van der Waals surface area contributed by atoms with Crippen LogP contribution in [0, 0.1) is 0 Å². The first-order valence-corrected chi connectivity index (χ1v) is 8.59. The number of hydrogen-bond acceptors (Lipinski definition) is 4. The molecule has 0 amide bonds. The Bertz CT molecular complexity index is 788. The molecule has 0 spiro atoms. The highest BCUT2D eigenvalue weighted by Crippen LogP contribution is 2.26. The van der Waals surface area contributed by atoms with Crippen LogP contribution in [-0.2, 0) is 0 Å². The molecule has 2 aromatic rings. The fourth-order valence-electron chi connectivity index (χ4n) is 2.35. The highest BCUT2D eigenvalue weighted by Gasteiger charge is 2.06. The number of carbonyl (C=O) groups is 1. The minimum Gasteiger partial charge on any atom is -0.494 e. The molecule has 0 atom stereocenters. The van der Waals surface area contributed by atoms with Crippen LogP contribution in [0.25, 0.3) is 6.08 Å². The fourth-order valence-corrected chi connectivity index (χ4v) is 2.35. The van der Waals surface area contributed by atoms with Gasteiger partial charge in [0.2, 0.25) is 0 Å². The van der Waals surface area contributed by atoms with Crippen LogP contribution < -0.4 is 14.2 Å². The maximum Gasteiger partial charge on any atom is 0.185 e. The van der Waals surface area contributed by atoms with Crippen LogP contribution in [0.15, 0.2) is 60.9 Å². The second-order valence-corrected chi connectivity index (χ2v) is 5.59. The Balaban J connectivity index is 2.18. The van der Waals surface area contributed by atoms with Crippen LogP contribution in [0.3, 0.4) is 0 Å². The maximum absolute atomic E-state index is 12.4. The smallest absolute Gasteiger partial charge is 0.185 e. The van der Waals surface area contributed by atoms with E-state index < -0.39 is 0 Å². The van der Waals surface area contributed by atoms with E-state index in [4.69, 9.17) is 14.2 Å². The van der Waals surface area contributed by atoms with Gasteiger partial charge >= 0.3 is 0 Å². The SMILES string of the molecule is C=C(C)Oc1ccc(C(=O)C=Cc2cc(OCC)ccc2OCC)cc1. The number of ketones is 1. The van der Waals surface area contributed by atoms with Gasteiger partial charge in [0.05, 0.1) is 19.0 Å². The monoisotopic (exact) mass is 352 g/mol. The molecular formula is C22H24O4. The number of ether oxygens (including phenoxy) is 3. The zero-order valence-corrected chi connectivity index (χ0v) is 15.5. The normalized spacial score (nSPS) is 10.6. The zero-order valence-electron chi connectivity index (χ0n) is 15.5. The first kappa shape index (κ1) is 19.3. The third-order valence-corrected chi connectivity index (χ3v) is 3.44. The van der Waals surface area contributed by atoms with E-state index in [1.807, 2.05) is 32.0 Å². The van der Waals surface area contributed by atoms with Crippen molar-refractivity contribution < 1.29 is 19.0 Å². The van der Waals surface area contributed by atoms with E-state index in [9.17, 15) is 4.79 Å². The predicted octanol–water partition coefficient (Wildman–Crippen LogP) is 5.29. The Hall–Kier alpha value is -3.01. The van der Waals surface area contributed by atoms with E-state index in [0.29, 0.717) is 36.0 Å². The van der Waals surface area contributed by atoms with Crippen molar-refractivity contribution in [1.82, 2.24) is 0 Å². The number of rotatable bonds is 9. The predicted molar refractivity (Wildman–Crippen MR) is 104 cm³/mol. The summed E-state index contributed by atoms with van der Waals surface area (Å²) < 4.78 is 16.5. The summed E-state index contributed by atoms with van der Waals surface area (Å²) >= 11 is 0. The van der Waals surface area contributed by atoms with Crippen LogP contribution in [0.2, 0.25) is 0 Å². The Morgan fingerprint density at radius 1 is 1.00 bits per heavy atom. The molecule has 0 saturated heterocycles. The molecule has 0 aliphatic carbocycles. The molecule has 2 rings (SSSR count). The van der Waals surface area contributed by atoms with Gasteiger partial charge in [0, 0.05) is 11.1 Å². The van der Waals surface area contributed by atoms with Crippen molar-refractivity contribution >= 4 is 11.9 Å². The van der Waals surface area contributed by atoms with Gasteiger partial charge in [-0.15, -0.1) is 0 Å². The zero-order chi connectivity index (χ0) is 18.9. The third kappa shape index (κ3) is 5.52. The van der Waals surface area contributed by atoms with Crippen molar-refractivity contribution in [2.75, 3.05) is 13.2 Å². The number of carbonyl (C=O) groups excluding carboxylic acids is 1. The van der Waals surface area contributed by atoms with Gasteiger partial charge in [-0.3, -0.25) is 4.79 Å². The topological polar surface area (TPSA) is 44.8 Å². The van der Waals surface area contributed by atoms with Gasteiger partial charge in [0.1, 0.15) is 17.2 Å². The summed E-state index contributed by atoms with van der Waals surface area (Å²) in [7, 11) is 0. The van der Waals surface area contributed by atoms with Crippen molar-refractivity contribution in [2.45, 2.75) is 20.8 Å². The first-order valence-electron chi connectivity index (χ1n) is 8.59. The van der Waals surface area contributed by atoms with Crippen molar-refractivity contribution in [2.24, 2.45) is 0 Å². The van der Waals surface area contributed by atoms with Gasteiger partial charge in [-0.1, -0.05) is 6.58 Å². The summed E-state index contributed by atoms with van der Waals surface area (Å²) in [5.74, 6) is 2.60. The lowest BCUT2D eigenvalue weighted by atomic mass is 10.1. The van der Waals surface area contributed by atoms with Gasteiger partial charge in [-0.05, 0) is 75.4 Å². The highest BCUT2D eigenvalue weighted by molar-refractivity contribution is 6.07. The van der Waals surface area contributed by atoms with Gasteiger partial charge in [-0.2, -0.15) is 0 Å². The molecule has 0 bridgehead atoms. The largest absolute Gasteiger partial charge is 0.494 e. The molecule has 0 N–H and O–H groups in total. The lowest BCUT2D eigenvalue weighted by molar-refractivity contribution is 0.104. The lowest BCUT2D eigenvalue weighted by Gasteiger charge is -2.10. The molecule has 2 aromatic carbocycles. The Morgan fingerprint density at radius 2 is 1.65 bits per heavy atom. The Kier molecular flexibility index (Phi) is 7.03. The molecule has 0 heterocycles. The van der Waals surface area contributed by atoms with E-state index in [-0.39, 0.29) is 5.78 Å². The van der Waals surface area contributed by atoms with Crippen molar-refractivity contribution in [3.8, 4) is 17.2 Å². The quantitative estimate of drug-likeness (QED) is 0.349. The third-order valence-electron chi connectivity index (χ3n) is 3.44. The molecule has 4 heteroatoms. The second-order valence-electron chi connectivity index (χ2n) is 5.59. The van der Waals surface area contributed by atoms with Crippen molar-refractivity contribution in [3.05, 3.63) is 72.0 Å². The van der Waals surface area contributed by atoms with E-state index in [2.05, 4.69) is 6.58 Å². The van der Waals surface area contributed by atoms with E-state index in [1.165, 1.54) is 6.08 Å².